The summed E-state index contributed by atoms with van der Waals surface area (Å²) in [5, 5.41) is 10.4. The van der Waals surface area contributed by atoms with E-state index >= 15 is 0 Å². The minimum Gasteiger partial charge on any atom is -0.310 e. The summed E-state index contributed by atoms with van der Waals surface area (Å²) in [5.74, 6) is 0. The largest absolute Gasteiger partial charge is 0.310 e. The summed E-state index contributed by atoms with van der Waals surface area (Å²) in [6.45, 7) is 0. The fraction of sp³-hybridized carbons (Fsp3) is 0. The highest BCUT2D eigenvalue weighted by atomic mass is 32.1. The predicted octanol–water partition coefficient (Wildman–Crippen LogP) is 14.3. The molecule has 1 heterocycles. The molecule has 0 bridgehead atoms. The van der Waals surface area contributed by atoms with Crippen LogP contribution in [0.2, 0.25) is 0 Å². The Morgan fingerprint density at radius 1 is 0.300 bits per heavy atom. The number of thiophene rings is 1. The molecule has 0 saturated carbocycles. The van der Waals surface area contributed by atoms with Crippen molar-refractivity contribution in [3.05, 3.63) is 188 Å². The third-order valence-corrected chi connectivity index (χ3v) is 11.1. The van der Waals surface area contributed by atoms with E-state index in [1.807, 2.05) is 11.3 Å². The van der Waals surface area contributed by atoms with Crippen LogP contribution in [-0.2, 0) is 0 Å². The Morgan fingerprint density at radius 2 is 0.880 bits per heavy atom. The lowest BCUT2D eigenvalue weighted by Crippen LogP contribution is -2.09. The van der Waals surface area contributed by atoms with Crippen LogP contribution in [0, 0.1) is 0 Å². The average molecular weight is 654 g/mol. The van der Waals surface area contributed by atoms with E-state index in [9.17, 15) is 0 Å². The van der Waals surface area contributed by atoms with Crippen molar-refractivity contribution in [3.63, 3.8) is 0 Å². The molecule has 10 aromatic rings. The highest BCUT2D eigenvalue weighted by molar-refractivity contribution is 7.25. The summed E-state index contributed by atoms with van der Waals surface area (Å²) in [7, 11) is 0. The fourth-order valence-electron chi connectivity index (χ4n) is 7.56. The molecule has 234 valence electrons. The molecule has 10 rings (SSSR count). The predicted molar refractivity (Wildman–Crippen MR) is 217 cm³/mol. The first-order valence-electron chi connectivity index (χ1n) is 17.1. The van der Waals surface area contributed by atoms with Crippen LogP contribution in [0.25, 0.3) is 74.7 Å². The molecular weight excluding hydrogens is 623 g/mol. The van der Waals surface area contributed by atoms with E-state index in [1.165, 1.54) is 74.7 Å². The van der Waals surface area contributed by atoms with E-state index in [-0.39, 0.29) is 0 Å². The van der Waals surface area contributed by atoms with Crippen LogP contribution in [0.3, 0.4) is 0 Å². The molecule has 2 heteroatoms. The van der Waals surface area contributed by atoms with E-state index in [0.717, 1.165) is 17.1 Å². The molecule has 0 amide bonds. The van der Waals surface area contributed by atoms with Crippen LogP contribution in [-0.4, -0.2) is 0 Å². The number of anilines is 3. The normalized spacial score (nSPS) is 11.6. The molecule has 1 nitrogen and oxygen atoms in total. The molecule has 0 spiro atoms. The van der Waals surface area contributed by atoms with Gasteiger partial charge in [-0.25, -0.2) is 0 Å². The summed E-state index contributed by atoms with van der Waals surface area (Å²) in [4.78, 5) is 2.35. The lowest BCUT2D eigenvalue weighted by molar-refractivity contribution is 1.28. The van der Waals surface area contributed by atoms with Crippen molar-refractivity contribution in [2.24, 2.45) is 0 Å². The van der Waals surface area contributed by atoms with E-state index < -0.39 is 0 Å². The number of hydrogen-bond acceptors (Lipinski definition) is 2. The second-order valence-corrected chi connectivity index (χ2v) is 14.0. The third-order valence-electron chi connectivity index (χ3n) is 10.0. The zero-order valence-electron chi connectivity index (χ0n) is 27.3. The van der Waals surface area contributed by atoms with Crippen molar-refractivity contribution < 1.29 is 0 Å². The molecule has 0 saturated heterocycles. The van der Waals surface area contributed by atoms with Gasteiger partial charge in [0.25, 0.3) is 0 Å². The maximum absolute atomic E-state index is 2.37. The number of benzene rings is 9. The number of para-hydroxylation sites is 1. The second-order valence-electron chi connectivity index (χ2n) is 13.0. The zero-order valence-corrected chi connectivity index (χ0v) is 28.1. The standard InChI is InChI=1S/C48H31NS/c1-2-11-39(12-3-1)49(41-13-8-10-36(29-41)38-25-28-44-43-15-6-7-16-46(43)50-47(44)31-38)40-26-23-32(24-27-40)37-22-19-34-18-21-35-20-17-33-9-4-5-14-42(33)48(35)45(34)30-37/h1-31H. The van der Waals surface area contributed by atoms with Gasteiger partial charge in [-0.05, 0) is 109 Å². The third kappa shape index (κ3) is 4.84. The van der Waals surface area contributed by atoms with Gasteiger partial charge in [-0.1, -0.05) is 133 Å². The molecule has 50 heavy (non-hydrogen) atoms. The van der Waals surface area contributed by atoms with Gasteiger partial charge in [0.2, 0.25) is 0 Å². The van der Waals surface area contributed by atoms with Gasteiger partial charge >= 0.3 is 0 Å². The van der Waals surface area contributed by atoms with E-state index in [1.54, 1.807) is 0 Å². The van der Waals surface area contributed by atoms with Crippen molar-refractivity contribution in [2.45, 2.75) is 0 Å². The first-order valence-corrected chi connectivity index (χ1v) is 17.9. The van der Waals surface area contributed by atoms with Gasteiger partial charge in [0.15, 0.2) is 0 Å². The summed E-state index contributed by atoms with van der Waals surface area (Å²) in [5.41, 5.74) is 8.22. The van der Waals surface area contributed by atoms with Crippen LogP contribution in [0.1, 0.15) is 0 Å². The summed E-state index contributed by atoms with van der Waals surface area (Å²) < 4.78 is 2.65. The van der Waals surface area contributed by atoms with Gasteiger partial charge in [-0.2, -0.15) is 0 Å². The average Bonchev–Trinajstić information content (AvgIpc) is 3.56. The van der Waals surface area contributed by atoms with Gasteiger partial charge < -0.3 is 4.90 Å². The first kappa shape index (κ1) is 28.8. The van der Waals surface area contributed by atoms with Gasteiger partial charge in [0.05, 0.1) is 0 Å². The summed E-state index contributed by atoms with van der Waals surface area (Å²) in [6.07, 6.45) is 0. The minimum atomic E-state index is 1.12. The Bertz CT molecular complexity index is 2860. The van der Waals surface area contributed by atoms with E-state index in [2.05, 4.69) is 193 Å². The maximum Gasteiger partial charge on any atom is 0.0467 e. The second kappa shape index (κ2) is 11.7. The molecule has 0 aliphatic rings. The smallest absolute Gasteiger partial charge is 0.0467 e. The summed E-state index contributed by atoms with van der Waals surface area (Å²) in [6, 6.07) is 68.7. The molecule has 0 atom stereocenters. The molecule has 0 aliphatic carbocycles. The number of rotatable bonds is 5. The lowest BCUT2D eigenvalue weighted by Gasteiger charge is -2.26. The molecule has 0 radical (unpaired) electrons. The minimum absolute atomic E-state index is 1.12. The lowest BCUT2D eigenvalue weighted by atomic mass is 9.94. The molecule has 1 aromatic heterocycles. The quantitative estimate of drug-likeness (QED) is 0.167. The monoisotopic (exact) mass is 653 g/mol. The zero-order chi connectivity index (χ0) is 33.0. The van der Waals surface area contributed by atoms with Crippen LogP contribution >= 0.6 is 11.3 Å². The Balaban J connectivity index is 1.05. The van der Waals surface area contributed by atoms with E-state index in [4.69, 9.17) is 0 Å². The number of nitrogens with zero attached hydrogens (tertiary/aromatic N) is 1. The van der Waals surface area contributed by atoms with Gasteiger partial charge in [0.1, 0.15) is 0 Å². The van der Waals surface area contributed by atoms with Gasteiger partial charge in [-0.15, -0.1) is 11.3 Å². The van der Waals surface area contributed by atoms with Crippen molar-refractivity contribution in [1.82, 2.24) is 0 Å². The van der Waals surface area contributed by atoms with Gasteiger partial charge in [0, 0.05) is 37.2 Å². The summed E-state index contributed by atoms with van der Waals surface area (Å²) >= 11 is 1.86. The van der Waals surface area contributed by atoms with Crippen molar-refractivity contribution in [2.75, 3.05) is 4.90 Å². The maximum atomic E-state index is 2.37. The Hall–Kier alpha value is -6.22. The molecular formula is C48H31NS. The Kier molecular flexibility index (Phi) is 6.75. The fourth-order valence-corrected chi connectivity index (χ4v) is 8.71. The van der Waals surface area contributed by atoms with E-state index in [0.29, 0.717) is 0 Å². The Morgan fingerprint density at radius 3 is 1.74 bits per heavy atom. The van der Waals surface area contributed by atoms with Crippen molar-refractivity contribution in [1.29, 1.82) is 0 Å². The molecule has 0 fully saturated rings. The van der Waals surface area contributed by atoms with Gasteiger partial charge in [-0.3, -0.25) is 0 Å². The van der Waals surface area contributed by atoms with Crippen LogP contribution < -0.4 is 4.90 Å². The number of fused-ring (bicyclic) bond motifs is 8. The highest BCUT2D eigenvalue weighted by Gasteiger charge is 2.15. The highest BCUT2D eigenvalue weighted by Crippen LogP contribution is 2.40. The van der Waals surface area contributed by atoms with Crippen molar-refractivity contribution >= 4 is 80.9 Å². The van der Waals surface area contributed by atoms with Crippen molar-refractivity contribution in [3.8, 4) is 22.3 Å². The molecule has 0 aliphatic heterocycles. The molecule has 0 N–H and O–H groups in total. The topological polar surface area (TPSA) is 3.24 Å². The van der Waals surface area contributed by atoms with Crippen LogP contribution in [0.4, 0.5) is 17.1 Å². The van der Waals surface area contributed by atoms with Crippen LogP contribution in [0.5, 0.6) is 0 Å². The van der Waals surface area contributed by atoms with Crippen LogP contribution in [0.15, 0.2) is 188 Å². The number of hydrogen-bond donors (Lipinski definition) is 0. The first-order chi connectivity index (χ1) is 24.8. The molecule has 9 aromatic carbocycles. The SMILES string of the molecule is c1ccc(N(c2ccc(-c3ccc4ccc5ccc6ccccc6c5c4c3)cc2)c2cccc(-c3ccc4c(c3)sc3ccccc34)c2)cc1. The Labute approximate surface area is 294 Å². The molecule has 0 unspecified atom stereocenters.